The normalized spacial score (nSPS) is 15.5. The molecule has 19 heavy (non-hydrogen) atoms. The van der Waals surface area contributed by atoms with Crippen molar-refractivity contribution < 1.29 is 14.3 Å². The Labute approximate surface area is 128 Å². The molecule has 0 radical (unpaired) electrons. The fourth-order valence-electron chi connectivity index (χ4n) is 1.82. The van der Waals surface area contributed by atoms with Gasteiger partial charge < -0.3 is 14.4 Å². The van der Waals surface area contributed by atoms with Crippen molar-refractivity contribution in [3.8, 4) is 0 Å². The molecule has 0 N–H and O–H groups in total. The Morgan fingerprint density at radius 2 is 1.79 bits per heavy atom. The fourth-order valence-corrected chi connectivity index (χ4v) is 1.82. The van der Waals surface area contributed by atoms with Crippen LogP contribution in [0.3, 0.4) is 0 Å². The second kappa shape index (κ2) is 12.9. The largest absolute Gasteiger partial charge is 0.463 e. The van der Waals surface area contributed by atoms with Gasteiger partial charge in [-0.2, -0.15) is 0 Å². The molecule has 1 aliphatic heterocycles. The molecular formula is C12H26Cl2N2O3. The van der Waals surface area contributed by atoms with Crippen molar-refractivity contribution in [1.82, 2.24) is 9.80 Å². The van der Waals surface area contributed by atoms with Crippen LogP contribution in [0.4, 0.5) is 0 Å². The molecule has 0 unspecified atom stereocenters. The molecule has 5 nitrogen and oxygen atoms in total. The summed E-state index contributed by atoms with van der Waals surface area (Å²) in [6.07, 6.45) is 0. The highest BCUT2D eigenvalue weighted by molar-refractivity contribution is 5.85. The Bertz CT molecular complexity index is 223. The predicted molar refractivity (Wildman–Crippen MR) is 80.5 cm³/mol. The number of likely N-dealkylation sites (N-methyl/N-ethyl adjacent to an activating group) is 1. The average molecular weight is 317 g/mol. The summed E-state index contributed by atoms with van der Waals surface area (Å²) in [6, 6.07) is 0. The van der Waals surface area contributed by atoms with E-state index < -0.39 is 0 Å². The number of carbonyl (C=O) groups excluding carboxylic acids is 1. The average Bonchev–Trinajstić information content (AvgIpc) is 2.36. The molecule has 0 atom stereocenters. The van der Waals surface area contributed by atoms with E-state index in [0.717, 1.165) is 32.7 Å². The van der Waals surface area contributed by atoms with Gasteiger partial charge in [-0.25, -0.2) is 0 Å². The number of hydrogen-bond donors (Lipinski definition) is 0. The molecule has 0 aliphatic carbocycles. The molecular weight excluding hydrogens is 291 g/mol. The summed E-state index contributed by atoms with van der Waals surface area (Å²) in [5.74, 6) is -0.126. The van der Waals surface area contributed by atoms with Crippen LogP contribution in [0.25, 0.3) is 0 Å². The lowest BCUT2D eigenvalue weighted by molar-refractivity contribution is -0.146. The van der Waals surface area contributed by atoms with Gasteiger partial charge in [-0.3, -0.25) is 9.69 Å². The first-order chi connectivity index (χ1) is 8.26. The molecule has 116 valence electrons. The van der Waals surface area contributed by atoms with Crippen molar-refractivity contribution in [2.45, 2.75) is 13.8 Å². The lowest BCUT2D eigenvalue weighted by Gasteiger charge is -2.25. The van der Waals surface area contributed by atoms with Crippen LogP contribution in [-0.4, -0.2) is 74.9 Å². The summed E-state index contributed by atoms with van der Waals surface area (Å²) in [4.78, 5) is 15.9. The first-order valence-electron chi connectivity index (χ1n) is 6.44. The van der Waals surface area contributed by atoms with Gasteiger partial charge in [0, 0.05) is 19.6 Å². The van der Waals surface area contributed by atoms with E-state index in [0.29, 0.717) is 26.4 Å². The van der Waals surface area contributed by atoms with Gasteiger partial charge in [-0.1, -0.05) is 13.8 Å². The Kier molecular flexibility index (Phi) is 14.5. The third kappa shape index (κ3) is 9.46. The monoisotopic (exact) mass is 316 g/mol. The SMILES string of the molecule is CCN(CC)CCOC(=O)CN1CCOCC1.Cl.Cl. The van der Waals surface area contributed by atoms with Gasteiger partial charge in [0.15, 0.2) is 0 Å². The molecule has 7 heteroatoms. The fraction of sp³-hybridized carbons (Fsp3) is 0.917. The highest BCUT2D eigenvalue weighted by Gasteiger charge is 2.14. The second-order valence-corrected chi connectivity index (χ2v) is 4.14. The summed E-state index contributed by atoms with van der Waals surface area (Å²) >= 11 is 0. The summed E-state index contributed by atoms with van der Waals surface area (Å²) in [5, 5.41) is 0. The molecule has 1 heterocycles. The predicted octanol–water partition coefficient (Wildman–Crippen LogP) is 1.05. The van der Waals surface area contributed by atoms with Gasteiger partial charge in [0.2, 0.25) is 0 Å². The Morgan fingerprint density at radius 1 is 1.21 bits per heavy atom. The van der Waals surface area contributed by atoms with Crippen LogP contribution in [0.15, 0.2) is 0 Å². The maximum absolute atomic E-state index is 11.5. The van der Waals surface area contributed by atoms with Crippen LogP contribution in [0, 0.1) is 0 Å². The molecule has 0 saturated carbocycles. The third-order valence-corrected chi connectivity index (χ3v) is 3.02. The minimum atomic E-state index is -0.126. The van der Waals surface area contributed by atoms with Crippen molar-refractivity contribution in [3.63, 3.8) is 0 Å². The lowest BCUT2D eigenvalue weighted by atomic mass is 10.4. The Balaban J connectivity index is 0. The molecule has 0 aromatic carbocycles. The Hall–Kier alpha value is -0.0700. The number of rotatable bonds is 7. The third-order valence-electron chi connectivity index (χ3n) is 3.02. The number of hydrogen-bond acceptors (Lipinski definition) is 5. The molecule has 0 bridgehead atoms. The van der Waals surface area contributed by atoms with E-state index in [-0.39, 0.29) is 30.8 Å². The van der Waals surface area contributed by atoms with Crippen LogP contribution in [0.1, 0.15) is 13.8 Å². The number of carbonyl (C=O) groups is 1. The molecule has 1 fully saturated rings. The van der Waals surface area contributed by atoms with Gasteiger partial charge in [0.1, 0.15) is 6.61 Å². The van der Waals surface area contributed by atoms with Gasteiger partial charge >= 0.3 is 5.97 Å². The first-order valence-corrected chi connectivity index (χ1v) is 6.44. The van der Waals surface area contributed by atoms with Crippen LogP contribution in [-0.2, 0) is 14.3 Å². The zero-order valence-corrected chi connectivity index (χ0v) is 13.4. The minimum absolute atomic E-state index is 0. The van der Waals surface area contributed by atoms with Crippen LogP contribution in [0.2, 0.25) is 0 Å². The minimum Gasteiger partial charge on any atom is -0.463 e. The van der Waals surface area contributed by atoms with E-state index in [4.69, 9.17) is 9.47 Å². The quantitative estimate of drug-likeness (QED) is 0.657. The molecule has 0 aromatic heterocycles. The molecule has 0 spiro atoms. The number of morpholine rings is 1. The topological polar surface area (TPSA) is 42.0 Å². The van der Waals surface area contributed by atoms with Gasteiger partial charge in [-0.15, -0.1) is 24.8 Å². The highest BCUT2D eigenvalue weighted by atomic mass is 35.5. The van der Waals surface area contributed by atoms with Gasteiger partial charge in [-0.05, 0) is 13.1 Å². The maximum Gasteiger partial charge on any atom is 0.320 e. The second-order valence-electron chi connectivity index (χ2n) is 4.14. The Morgan fingerprint density at radius 3 is 2.32 bits per heavy atom. The number of nitrogens with zero attached hydrogens (tertiary/aromatic N) is 2. The zero-order chi connectivity index (χ0) is 12.5. The van der Waals surface area contributed by atoms with E-state index >= 15 is 0 Å². The van der Waals surface area contributed by atoms with Gasteiger partial charge in [0.25, 0.3) is 0 Å². The first kappa shape index (κ1) is 21.2. The molecule has 1 saturated heterocycles. The molecule has 0 amide bonds. The molecule has 1 aliphatic rings. The highest BCUT2D eigenvalue weighted by Crippen LogP contribution is 1.97. The van der Waals surface area contributed by atoms with E-state index in [1.807, 2.05) is 0 Å². The lowest BCUT2D eigenvalue weighted by Crippen LogP contribution is -2.40. The summed E-state index contributed by atoms with van der Waals surface area (Å²) in [5.41, 5.74) is 0. The van der Waals surface area contributed by atoms with E-state index in [1.165, 1.54) is 0 Å². The van der Waals surface area contributed by atoms with Crippen molar-refractivity contribution in [2.24, 2.45) is 0 Å². The maximum atomic E-state index is 11.5. The van der Waals surface area contributed by atoms with Crippen molar-refractivity contribution in [1.29, 1.82) is 0 Å². The van der Waals surface area contributed by atoms with Crippen LogP contribution in [0.5, 0.6) is 0 Å². The van der Waals surface area contributed by atoms with E-state index in [1.54, 1.807) is 0 Å². The van der Waals surface area contributed by atoms with Crippen molar-refractivity contribution >= 4 is 30.8 Å². The number of esters is 1. The number of halogens is 2. The summed E-state index contributed by atoms with van der Waals surface area (Å²) in [7, 11) is 0. The summed E-state index contributed by atoms with van der Waals surface area (Å²) < 4.78 is 10.4. The van der Waals surface area contributed by atoms with Crippen molar-refractivity contribution in [2.75, 3.05) is 59.1 Å². The van der Waals surface area contributed by atoms with Gasteiger partial charge in [0.05, 0.1) is 19.8 Å². The standard InChI is InChI=1S/C12H24N2O3.2ClH/c1-3-13(4-2)7-10-17-12(15)11-14-5-8-16-9-6-14;;/h3-11H2,1-2H3;2*1H. The van der Waals surface area contributed by atoms with E-state index in [2.05, 4.69) is 23.6 Å². The van der Waals surface area contributed by atoms with Crippen LogP contribution >= 0.6 is 24.8 Å². The summed E-state index contributed by atoms with van der Waals surface area (Å²) in [6.45, 7) is 11.0. The zero-order valence-electron chi connectivity index (χ0n) is 11.8. The van der Waals surface area contributed by atoms with E-state index in [9.17, 15) is 4.79 Å². The molecule has 1 rings (SSSR count). The smallest absolute Gasteiger partial charge is 0.320 e. The van der Waals surface area contributed by atoms with Crippen molar-refractivity contribution in [3.05, 3.63) is 0 Å². The number of ether oxygens (including phenoxy) is 2. The van der Waals surface area contributed by atoms with Crippen LogP contribution < -0.4 is 0 Å². The molecule has 0 aromatic rings.